The first-order chi connectivity index (χ1) is 9.65. The van der Waals surface area contributed by atoms with E-state index in [0.29, 0.717) is 23.0 Å². The Balaban J connectivity index is 2.01. The highest BCUT2D eigenvalue weighted by Crippen LogP contribution is 2.18. The number of fused-ring (bicyclic) bond motifs is 1. The van der Waals surface area contributed by atoms with Crippen LogP contribution >= 0.6 is 11.3 Å². The largest absolute Gasteiger partial charge is 0.379 e. The van der Waals surface area contributed by atoms with E-state index in [1.807, 2.05) is 12.3 Å². The molecule has 1 aromatic carbocycles. The van der Waals surface area contributed by atoms with Crippen LogP contribution in [0.2, 0.25) is 0 Å². The molecule has 3 N–H and O–H groups in total. The van der Waals surface area contributed by atoms with Crippen molar-refractivity contribution in [2.24, 2.45) is 0 Å². The van der Waals surface area contributed by atoms with Gasteiger partial charge in [0.1, 0.15) is 0 Å². The molecule has 2 aromatic heterocycles. The Bertz CT molecular complexity index is 878. The first-order valence-corrected chi connectivity index (χ1v) is 6.91. The molecule has 102 valence electrons. The average molecular weight is 288 g/mol. The summed E-state index contributed by atoms with van der Waals surface area (Å²) in [6, 6.07) is 5.14. The molecular weight excluding hydrogens is 276 g/mol. The Kier molecular flexibility index (Phi) is 3.11. The van der Waals surface area contributed by atoms with Gasteiger partial charge in [-0.15, -0.1) is 11.3 Å². The maximum atomic E-state index is 11.9. The van der Waals surface area contributed by atoms with Gasteiger partial charge >= 0.3 is 0 Å². The van der Waals surface area contributed by atoms with Crippen LogP contribution in [0.4, 0.5) is 5.69 Å². The molecule has 0 spiro atoms. The summed E-state index contributed by atoms with van der Waals surface area (Å²) in [5.74, 6) is 0. The fraction of sp³-hybridized carbons (Fsp3) is 0.154. The molecule has 0 aliphatic carbocycles. The number of nitrogens with one attached hydrogen (secondary N) is 3. The third-order valence-corrected chi connectivity index (χ3v) is 3.77. The predicted molar refractivity (Wildman–Crippen MR) is 79.4 cm³/mol. The summed E-state index contributed by atoms with van der Waals surface area (Å²) < 4.78 is 0. The normalized spacial score (nSPS) is 10.8. The van der Waals surface area contributed by atoms with Gasteiger partial charge in [0.05, 0.1) is 28.0 Å². The average Bonchev–Trinajstić information content (AvgIpc) is 2.86. The summed E-state index contributed by atoms with van der Waals surface area (Å²) in [6.45, 7) is 2.45. The van der Waals surface area contributed by atoms with Crippen LogP contribution < -0.4 is 16.4 Å². The van der Waals surface area contributed by atoms with E-state index in [1.54, 1.807) is 29.5 Å². The van der Waals surface area contributed by atoms with Crippen LogP contribution in [-0.2, 0) is 6.54 Å². The van der Waals surface area contributed by atoms with E-state index in [2.05, 4.69) is 20.5 Å². The number of hydrogen-bond donors (Lipinski definition) is 3. The van der Waals surface area contributed by atoms with E-state index >= 15 is 0 Å². The molecule has 3 aromatic rings. The molecule has 20 heavy (non-hydrogen) atoms. The van der Waals surface area contributed by atoms with Gasteiger partial charge in [0.2, 0.25) is 0 Å². The summed E-state index contributed by atoms with van der Waals surface area (Å²) >= 11 is 1.57. The number of anilines is 1. The lowest BCUT2D eigenvalue weighted by Gasteiger charge is -2.07. The Labute approximate surface area is 117 Å². The van der Waals surface area contributed by atoms with Gasteiger partial charge in [-0.05, 0) is 19.1 Å². The molecule has 2 heterocycles. The van der Waals surface area contributed by atoms with Gasteiger partial charge < -0.3 is 5.32 Å². The highest BCUT2D eigenvalue weighted by Gasteiger charge is 2.08. The molecule has 0 atom stereocenters. The molecule has 7 heteroatoms. The molecule has 0 bridgehead atoms. The second-order valence-electron chi connectivity index (χ2n) is 4.35. The Morgan fingerprint density at radius 1 is 1.25 bits per heavy atom. The Morgan fingerprint density at radius 2 is 2.05 bits per heavy atom. The van der Waals surface area contributed by atoms with Crippen LogP contribution in [0.3, 0.4) is 0 Å². The van der Waals surface area contributed by atoms with Crippen LogP contribution in [0.25, 0.3) is 10.8 Å². The van der Waals surface area contributed by atoms with E-state index in [1.165, 1.54) is 0 Å². The van der Waals surface area contributed by atoms with Crippen LogP contribution in [-0.4, -0.2) is 15.2 Å². The number of nitrogens with zero attached hydrogens (tertiary/aromatic N) is 1. The molecule has 3 rings (SSSR count). The molecule has 0 radical (unpaired) electrons. The SMILES string of the molecule is Cc1nc(CNc2cccc3c(=O)[nH][nH]c(=O)c23)cs1. The van der Waals surface area contributed by atoms with Gasteiger partial charge in [-0.3, -0.25) is 19.8 Å². The van der Waals surface area contributed by atoms with Crippen LogP contribution in [0.5, 0.6) is 0 Å². The molecule has 0 aliphatic rings. The van der Waals surface area contributed by atoms with Crippen LogP contribution in [0.1, 0.15) is 10.7 Å². The van der Waals surface area contributed by atoms with Crippen molar-refractivity contribution >= 4 is 27.8 Å². The maximum Gasteiger partial charge on any atom is 0.272 e. The molecule has 0 saturated heterocycles. The monoisotopic (exact) mass is 288 g/mol. The van der Waals surface area contributed by atoms with E-state index in [9.17, 15) is 9.59 Å². The van der Waals surface area contributed by atoms with Gasteiger partial charge in [-0.2, -0.15) is 0 Å². The minimum absolute atomic E-state index is 0.312. The van der Waals surface area contributed by atoms with Crippen molar-refractivity contribution in [3.05, 3.63) is 55.0 Å². The van der Waals surface area contributed by atoms with Gasteiger partial charge in [0.25, 0.3) is 11.1 Å². The zero-order chi connectivity index (χ0) is 14.1. The minimum atomic E-state index is -0.322. The zero-order valence-electron chi connectivity index (χ0n) is 10.7. The van der Waals surface area contributed by atoms with Crippen LogP contribution in [0.15, 0.2) is 33.2 Å². The smallest absolute Gasteiger partial charge is 0.272 e. The highest BCUT2D eigenvalue weighted by atomic mass is 32.1. The van der Waals surface area contributed by atoms with E-state index < -0.39 is 0 Å². The third kappa shape index (κ3) is 2.23. The maximum absolute atomic E-state index is 11.9. The quantitative estimate of drug-likeness (QED) is 0.682. The Hall–Kier alpha value is -2.41. The fourth-order valence-corrected chi connectivity index (χ4v) is 2.66. The summed E-state index contributed by atoms with van der Waals surface area (Å²) in [7, 11) is 0. The Morgan fingerprint density at radius 3 is 2.80 bits per heavy atom. The minimum Gasteiger partial charge on any atom is -0.379 e. The molecule has 6 nitrogen and oxygen atoms in total. The van der Waals surface area contributed by atoms with Gasteiger partial charge in [-0.25, -0.2) is 4.98 Å². The number of aromatic nitrogens is 3. The van der Waals surface area contributed by atoms with Crippen molar-refractivity contribution in [1.29, 1.82) is 0 Å². The van der Waals surface area contributed by atoms with Crippen molar-refractivity contribution in [2.75, 3.05) is 5.32 Å². The molecule has 0 saturated carbocycles. The van der Waals surface area contributed by atoms with Crippen molar-refractivity contribution in [3.63, 3.8) is 0 Å². The molecule has 0 aliphatic heterocycles. The summed E-state index contributed by atoms with van der Waals surface area (Å²) in [5.41, 5.74) is 0.899. The van der Waals surface area contributed by atoms with Gasteiger partial charge in [0, 0.05) is 11.1 Å². The first-order valence-electron chi connectivity index (χ1n) is 6.04. The molecule has 0 amide bonds. The van der Waals surface area contributed by atoms with Crippen molar-refractivity contribution in [2.45, 2.75) is 13.5 Å². The van der Waals surface area contributed by atoms with Crippen molar-refractivity contribution in [1.82, 2.24) is 15.2 Å². The number of H-pyrrole nitrogens is 2. The molecule has 0 unspecified atom stereocenters. The lowest BCUT2D eigenvalue weighted by molar-refractivity contribution is 0.975. The molecule has 0 fully saturated rings. The third-order valence-electron chi connectivity index (χ3n) is 2.95. The zero-order valence-corrected chi connectivity index (χ0v) is 11.5. The lowest BCUT2D eigenvalue weighted by Crippen LogP contribution is -2.20. The second-order valence-corrected chi connectivity index (χ2v) is 5.41. The topological polar surface area (TPSA) is 90.6 Å². The van der Waals surface area contributed by atoms with Gasteiger partial charge in [0.15, 0.2) is 0 Å². The molecular formula is C13H12N4O2S. The lowest BCUT2D eigenvalue weighted by atomic mass is 10.1. The summed E-state index contributed by atoms with van der Waals surface area (Å²) in [6.07, 6.45) is 0. The van der Waals surface area contributed by atoms with E-state index in [-0.39, 0.29) is 11.1 Å². The number of aryl methyl sites for hydroxylation is 1. The number of aromatic amines is 2. The number of hydrogen-bond acceptors (Lipinski definition) is 5. The van der Waals surface area contributed by atoms with Gasteiger partial charge in [-0.1, -0.05) is 6.07 Å². The van der Waals surface area contributed by atoms with Crippen LogP contribution in [0, 0.1) is 6.92 Å². The fourth-order valence-electron chi connectivity index (χ4n) is 2.05. The van der Waals surface area contributed by atoms with Crippen molar-refractivity contribution < 1.29 is 0 Å². The van der Waals surface area contributed by atoms with E-state index in [4.69, 9.17) is 0 Å². The number of rotatable bonds is 3. The second kappa shape index (κ2) is 4.93. The predicted octanol–water partition coefficient (Wildman–Crippen LogP) is 1.59. The standard InChI is InChI=1S/C13H12N4O2S/c1-7-15-8(6-20-7)5-14-10-4-2-3-9-11(10)13(19)17-16-12(9)18/h2-4,6,14H,5H2,1H3,(H,16,18)(H,17,19). The summed E-state index contributed by atoms with van der Waals surface area (Å²) in [5, 5.41) is 11.5. The van der Waals surface area contributed by atoms with E-state index in [0.717, 1.165) is 10.7 Å². The number of thiazole rings is 1. The van der Waals surface area contributed by atoms with Crippen molar-refractivity contribution in [3.8, 4) is 0 Å². The highest BCUT2D eigenvalue weighted by molar-refractivity contribution is 7.09. The summed E-state index contributed by atoms with van der Waals surface area (Å²) in [4.78, 5) is 27.9. The first kappa shape index (κ1) is 12.6. The number of benzene rings is 1.